The maximum Gasteiger partial charge on any atom is 0.472 e. The number of esters is 2. The van der Waals surface area contributed by atoms with E-state index in [9.17, 15) is 19.0 Å². The Bertz CT molecular complexity index is 739. The molecular weight excluding hydrogens is 605 g/mol. The van der Waals surface area contributed by atoms with Gasteiger partial charge in [-0.3, -0.25) is 18.6 Å². The van der Waals surface area contributed by atoms with E-state index in [1.165, 1.54) is 116 Å². The molecule has 0 amide bonds. The van der Waals surface area contributed by atoms with E-state index in [2.05, 4.69) is 19.2 Å². The van der Waals surface area contributed by atoms with Gasteiger partial charge in [0.15, 0.2) is 6.10 Å². The summed E-state index contributed by atoms with van der Waals surface area (Å²) in [6.07, 6.45) is 28.5. The molecule has 0 aromatic heterocycles. The first-order valence-electron chi connectivity index (χ1n) is 19.0. The number of rotatable bonds is 36. The summed E-state index contributed by atoms with van der Waals surface area (Å²) >= 11 is 0. The molecule has 0 spiro atoms. The van der Waals surface area contributed by atoms with Crippen LogP contribution >= 0.6 is 7.82 Å². The van der Waals surface area contributed by atoms with Crippen molar-refractivity contribution in [2.45, 2.75) is 187 Å². The third kappa shape index (κ3) is 32.9. The SMILES string of the molecule is CCCCCCCCCCCCCCCC(=O)OC(COC(=O)CCCCCCCCCCCCC)COP(=O)(O)OCCNC. The summed E-state index contributed by atoms with van der Waals surface area (Å²) in [5.74, 6) is -0.798. The molecule has 2 atom stereocenters. The summed E-state index contributed by atoms with van der Waals surface area (Å²) in [5, 5.41) is 2.82. The van der Waals surface area contributed by atoms with Crippen LogP contribution in [-0.4, -0.2) is 56.3 Å². The fourth-order valence-electron chi connectivity index (χ4n) is 5.32. The van der Waals surface area contributed by atoms with E-state index in [4.69, 9.17) is 18.5 Å². The Hall–Kier alpha value is -0.990. The van der Waals surface area contributed by atoms with Crippen molar-refractivity contribution in [3.05, 3.63) is 0 Å². The number of carbonyl (C=O) groups excluding carboxylic acids is 2. The number of carbonyl (C=O) groups is 2. The largest absolute Gasteiger partial charge is 0.472 e. The standard InChI is InChI=1S/C36H72NO8P/c1-4-6-8-10-12-14-16-17-19-21-23-25-27-29-36(39)45-34(33-44-46(40,41)43-31-30-37-3)32-42-35(38)28-26-24-22-20-18-15-13-11-9-7-5-2/h34,37H,4-33H2,1-3H3,(H,40,41). The predicted octanol–water partition coefficient (Wildman–Crippen LogP) is 9.98. The second kappa shape index (κ2) is 33.9. The Morgan fingerprint density at radius 3 is 1.39 bits per heavy atom. The molecule has 0 radical (unpaired) electrons. The monoisotopic (exact) mass is 677 g/mol. The smallest absolute Gasteiger partial charge is 0.462 e. The molecule has 0 aromatic carbocycles. The van der Waals surface area contributed by atoms with Crippen molar-refractivity contribution in [2.24, 2.45) is 0 Å². The first kappa shape index (κ1) is 45.0. The molecule has 10 heteroatoms. The topological polar surface area (TPSA) is 120 Å². The minimum atomic E-state index is -4.33. The van der Waals surface area contributed by atoms with Gasteiger partial charge in [-0.2, -0.15) is 0 Å². The van der Waals surface area contributed by atoms with Crippen molar-refractivity contribution in [1.29, 1.82) is 0 Å². The van der Waals surface area contributed by atoms with E-state index in [-0.39, 0.29) is 25.6 Å². The van der Waals surface area contributed by atoms with Gasteiger partial charge in [-0.25, -0.2) is 4.57 Å². The van der Waals surface area contributed by atoms with E-state index in [1.807, 2.05) is 0 Å². The molecule has 0 saturated heterocycles. The summed E-state index contributed by atoms with van der Waals surface area (Å²) in [7, 11) is -2.63. The fourth-order valence-corrected chi connectivity index (χ4v) is 6.07. The number of unbranched alkanes of at least 4 members (excludes halogenated alkanes) is 22. The summed E-state index contributed by atoms with van der Waals surface area (Å²) < 4.78 is 33.0. The molecule has 0 fully saturated rings. The van der Waals surface area contributed by atoms with Crippen molar-refractivity contribution in [3.63, 3.8) is 0 Å². The summed E-state index contributed by atoms with van der Waals surface area (Å²) in [6, 6.07) is 0. The van der Waals surface area contributed by atoms with Crippen LogP contribution in [0, 0.1) is 0 Å². The zero-order chi connectivity index (χ0) is 34.0. The van der Waals surface area contributed by atoms with Crippen molar-refractivity contribution in [1.82, 2.24) is 5.32 Å². The lowest BCUT2D eigenvalue weighted by molar-refractivity contribution is -0.161. The molecular formula is C36H72NO8P. The number of nitrogens with one attached hydrogen (secondary N) is 1. The molecule has 9 nitrogen and oxygen atoms in total. The Morgan fingerprint density at radius 1 is 0.587 bits per heavy atom. The highest BCUT2D eigenvalue weighted by Crippen LogP contribution is 2.43. The average molecular weight is 678 g/mol. The molecule has 274 valence electrons. The van der Waals surface area contributed by atoms with Gasteiger partial charge in [0.1, 0.15) is 6.61 Å². The Balaban J connectivity index is 4.27. The van der Waals surface area contributed by atoms with E-state index in [1.54, 1.807) is 7.05 Å². The van der Waals surface area contributed by atoms with Gasteiger partial charge in [0.05, 0.1) is 13.2 Å². The fraction of sp³-hybridized carbons (Fsp3) is 0.944. The molecule has 0 heterocycles. The van der Waals surface area contributed by atoms with Crippen LogP contribution in [-0.2, 0) is 32.7 Å². The van der Waals surface area contributed by atoms with Gasteiger partial charge in [0, 0.05) is 19.4 Å². The second-order valence-electron chi connectivity index (χ2n) is 12.8. The van der Waals surface area contributed by atoms with Crippen LogP contribution in [0.25, 0.3) is 0 Å². The second-order valence-corrected chi connectivity index (χ2v) is 14.2. The highest BCUT2D eigenvalue weighted by atomic mass is 31.2. The highest BCUT2D eigenvalue weighted by molar-refractivity contribution is 7.47. The lowest BCUT2D eigenvalue weighted by Gasteiger charge is -2.20. The zero-order valence-corrected chi connectivity index (χ0v) is 30.9. The van der Waals surface area contributed by atoms with E-state index >= 15 is 0 Å². The molecule has 46 heavy (non-hydrogen) atoms. The van der Waals surface area contributed by atoms with Crippen LogP contribution in [0.15, 0.2) is 0 Å². The molecule has 0 rings (SSSR count). The molecule has 2 unspecified atom stereocenters. The number of ether oxygens (including phenoxy) is 2. The molecule has 0 aliphatic carbocycles. The zero-order valence-electron chi connectivity index (χ0n) is 30.0. The minimum Gasteiger partial charge on any atom is -0.462 e. The third-order valence-corrected chi connectivity index (χ3v) is 9.21. The summed E-state index contributed by atoms with van der Waals surface area (Å²) in [4.78, 5) is 34.8. The Morgan fingerprint density at radius 2 is 0.978 bits per heavy atom. The average Bonchev–Trinajstić information content (AvgIpc) is 3.03. The predicted molar refractivity (Wildman–Crippen MR) is 188 cm³/mol. The number of hydrogen-bond acceptors (Lipinski definition) is 8. The number of hydrogen-bond donors (Lipinski definition) is 2. The van der Waals surface area contributed by atoms with Gasteiger partial charge < -0.3 is 19.7 Å². The van der Waals surface area contributed by atoms with Crippen LogP contribution in [0.1, 0.15) is 181 Å². The van der Waals surface area contributed by atoms with Crippen LogP contribution in [0.4, 0.5) is 0 Å². The Labute approximate surface area is 282 Å². The van der Waals surface area contributed by atoms with E-state index < -0.39 is 26.5 Å². The van der Waals surface area contributed by atoms with Crippen LogP contribution in [0.3, 0.4) is 0 Å². The maximum atomic E-state index is 12.5. The van der Waals surface area contributed by atoms with Crippen molar-refractivity contribution < 1.29 is 37.6 Å². The summed E-state index contributed by atoms with van der Waals surface area (Å²) in [5.41, 5.74) is 0. The first-order chi connectivity index (χ1) is 22.3. The molecule has 0 aromatic rings. The maximum absolute atomic E-state index is 12.5. The Kier molecular flexibility index (Phi) is 33.2. The molecule has 0 bridgehead atoms. The van der Waals surface area contributed by atoms with Gasteiger partial charge in [-0.15, -0.1) is 0 Å². The van der Waals surface area contributed by atoms with Crippen molar-refractivity contribution >= 4 is 19.8 Å². The van der Waals surface area contributed by atoms with E-state index in [0.29, 0.717) is 19.4 Å². The molecule has 0 aliphatic heterocycles. The van der Waals surface area contributed by atoms with Gasteiger partial charge in [-0.1, -0.05) is 155 Å². The van der Waals surface area contributed by atoms with E-state index in [0.717, 1.165) is 32.1 Å². The quantitative estimate of drug-likeness (QED) is 0.0379. The van der Waals surface area contributed by atoms with Gasteiger partial charge in [0.25, 0.3) is 0 Å². The summed E-state index contributed by atoms with van der Waals surface area (Å²) in [6.45, 7) is 4.22. The lowest BCUT2D eigenvalue weighted by Crippen LogP contribution is -2.29. The van der Waals surface area contributed by atoms with Crippen LogP contribution in [0.5, 0.6) is 0 Å². The van der Waals surface area contributed by atoms with Gasteiger partial charge in [0.2, 0.25) is 0 Å². The minimum absolute atomic E-state index is 0.0122. The third-order valence-electron chi connectivity index (χ3n) is 8.23. The number of phosphoric ester groups is 1. The van der Waals surface area contributed by atoms with Crippen LogP contribution < -0.4 is 5.32 Å². The lowest BCUT2D eigenvalue weighted by atomic mass is 10.0. The molecule has 0 aliphatic rings. The van der Waals surface area contributed by atoms with Gasteiger partial charge >= 0.3 is 19.8 Å². The normalized spacial score (nSPS) is 13.4. The molecule has 2 N–H and O–H groups in total. The van der Waals surface area contributed by atoms with Gasteiger partial charge in [-0.05, 0) is 19.9 Å². The van der Waals surface area contributed by atoms with Crippen molar-refractivity contribution in [3.8, 4) is 0 Å². The highest BCUT2D eigenvalue weighted by Gasteiger charge is 2.26. The van der Waals surface area contributed by atoms with Crippen molar-refractivity contribution in [2.75, 3.05) is 33.4 Å². The first-order valence-corrected chi connectivity index (χ1v) is 20.5. The molecule has 0 saturated carbocycles. The number of phosphoric acid groups is 1. The van der Waals surface area contributed by atoms with Crippen LogP contribution in [0.2, 0.25) is 0 Å². The number of likely N-dealkylation sites (N-methyl/N-ethyl adjacent to an activating group) is 1.